The highest BCUT2D eigenvalue weighted by Crippen LogP contribution is 2.17. The van der Waals surface area contributed by atoms with E-state index < -0.39 is 0 Å². The fourth-order valence-corrected chi connectivity index (χ4v) is 1.26. The molecule has 0 spiro atoms. The molecule has 94 valence electrons. The van der Waals surface area contributed by atoms with Gasteiger partial charge in [-0.2, -0.15) is 0 Å². The molecule has 1 aromatic rings. The summed E-state index contributed by atoms with van der Waals surface area (Å²) in [5, 5.41) is 5.75. The van der Waals surface area contributed by atoms with Crippen molar-refractivity contribution >= 4 is 17.4 Å². The van der Waals surface area contributed by atoms with Gasteiger partial charge in [0.25, 0.3) is 0 Å². The van der Waals surface area contributed by atoms with Gasteiger partial charge in [0.15, 0.2) is 0 Å². The molecular formula is C12H20N4O. The van der Waals surface area contributed by atoms with Crippen molar-refractivity contribution < 1.29 is 4.79 Å². The predicted molar refractivity (Wildman–Crippen MR) is 69.7 cm³/mol. The molecule has 1 aromatic heterocycles. The van der Waals surface area contributed by atoms with E-state index in [2.05, 4.69) is 15.6 Å². The first-order valence-electron chi connectivity index (χ1n) is 5.72. The van der Waals surface area contributed by atoms with Crippen molar-refractivity contribution in [3.8, 4) is 0 Å². The third-order valence-corrected chi connectivity index (χ3v) is 2.33. The zero-order chi connectivity index (χ0) is 12.8. The lowest BCUT2D eigenvalue weighted by Crippen LogP contribution is -2.32. The number of nitrogens with zero attached hydrogens (tertiary/aromatic N) is 1. The number of carbonyl (C=O) groups excluding carboxylic acids is 1. The molecule has 0 fully saturated rings. The highest BCUT2D eigenvalue weighted by molar-refractivity contribution is 5.81. The highest BCUT2D eigenvalue weighted by Gasteiger charge is 2.06. The SMILES string of the molecule is Cc1ccnc(NCC(=O)NCC(C)C)c1N. The van der Waals surface area contributed by atoms with E-state index in [1.165, 1.54) is 0 Å². The molecule has 0 saturated carbocycles. The molecule has 0 aliphatic heterocycles. The van der Waals surface area contributed by atoms with Crippen LogP contribution in [0.3, 0.4) is 0 Å². The Kier molecular flexibility index (Phi) is 4.75. The molecule has 5 heteroatoms. The first-order chi connectivity index (χ1) is 8.00. The molecule has 4 N–H and O–H groups in total. The first-order valence-corrected chi connectivity index (χ1v) is 5.72. The van der Waals surface area contributed by atoms with Gasteiger partial charge in [-0.15, -0.1) is 0 Å². The average molecular weight is 236 g/mol. The van der Waals surface area contributed by atoms with Gasteiger partial charge in [0, 0.05) is 12.7 Å². The van der Waals surface area contributed by atoms with E-state index in [0.717, 1.165) is 5.56 Å². The van der Waals surface area contributed by atoms with Gasteiger partial charge in [-0.3, -0.25) is 4.79 Å². The van der Waals surface area contributed by atoms with Crippen molar-refractivity contribution in [1.82, 2.24) is 10.3 Å². The van der Waals surface area contributed by atoms with Crippen molar-refractivity contribution in [2.75, 3.05) is 24.1 Å². The van der Waals surface area contributed by atoms with Crippen LogP contribution in [0, 0.1) is 12.8 Å². The molecule has 0 aromatic carbocycles. The number of hydrogen-bond donors (Lipinski definition) is 3. The van der Waals surface area contributed by atoms with Crippen LogP contribution in [0.25, 0.3) is 0 Å². The highest BCUT2D eigenvalue weighted by atomic mass is 16.1. The summed E-state index contributed by atoms with van der Waals surface area (Å²) >= 11 is 0. The molecule has 0 bridgehead atoms. The maximum atomic E-state index is 11.5. The lowest BCUT2D eigenvalue weighted by molar-refractivity contribution is -0.119. The monoisotopic (exact) mass is 236 g/mol. The van der Waals surface area contributed by atoms with E-state index in [0.29, 0.717) is 24.0 Å². The molecular weight excluding hydrogens is 216 g/mol. The van der Waals surface area contributed by atoms with Gasteiger partial charge in [0.2, 0.25) is 5.91 Å². The molecule has 1 heterocycles. The van der Waals surface area contributed by atoms with Crippen LogP contribution in [-0.4, -0.2) is 24.0 Å². The second-order valence-electron chi connectivity index (χ2n) is 4.44. The number of aryl methyl sites for hydroxylation is 1. The molecule has 17 heavy (non-hydrogen) atoms. The Morgan fingerprint density at radius 3 is 2.88 bits per heavy atom. The Labute approximate surface area is 102 Å². The zero-order valence-electron chi connectivity index (χ0n) is 10.6. The summed E-state index contributed by atoms with van der Waals surface area (Å²) in [5.74, 6) is 0.951. The van der Waals surface area contributed by atoms with E-state index in [-0.39, 0.29) is 12.5 Å². The van der Waals surface area contributed by atoms with Gasteiger partial charge in [0.05, 0.1) is 12.2 Å². The first kappa shape index (κ1) is 13.3. The molecule has 1 amide bonds. The summed E-state index contributed by atoms with van der Waals surface area (Å²) in [6.45, 7) is 6.87. The summed E-state index contributed by atoms with van der Waals surface area (Å²) in [4.78, 5) is 15.6. The Hall–Kier alpha value is -1.78. The fraction of sp³-hybridized carbons (Fsp3) is 0.500. The summed E-state index contributed by atoms with van der Waals surface area (Å²) in [6.07, 6.45) is 1.67. The minimum Gasteiger partial charge on any atom is -0.396 e. The number of nitrogen functional groups attached to an aromatic ring is 1. The van der Waals surface area contributed by atoms with Crippen LogP contribution in [0.2, 0.25) is 0 Å². The Balaban J connectivity index is 2.45. The van der Waals surface area contributed by atoms with Crippen LogP contribution in [0.5, 0.6) is 0 Å². The fourth-order valence-electron chi connectivity index (χ4n) is 1.26. The number of nitrogens with two attached hydrogens (primary N) is 1. The van der Waals surface area contributed by atoms with Crippen LogP contribution in [-0.2, 0) is 4.79 Å². The molecule has 5 nitrogen and oxygen atoms in total. The maximum absolute atomic E-state index is 11.5. The van der Waals surface area contributed by atoms with Crippen molar-refractivity contribution in [1.29, 1.82) is 0 Å². The van der Waals surface area contributed by atoms with E-state index in [1.807, 2.05) is 26.8 Å². The van der Waals surface area contributed by atoms with Crippen molar-refractivity contribution in [3.63, 3.8) is 0 Å². The molecule has 0 atom stereocenters. The predicted octanol–water partition coefficient (Wildman–Crippen LogP) is 1.16. The molecule has 0 radical (unpaired) electrons. The second-order valence-corrected chi connectivity index (χ2v) is 4.44. The number of carbonyl (C=O) groups is 1. The van der Waals surface area contributed by atoms with Crippen LogP contribution in [0.4, 0.5) is 11.5 Å². The van der Waals surface area contributed by atoms with E-state index in [4.69, 9.17) is 5.73 Å². The zero-order valence-corrected chi connectivity index (χ0v) is 10.6. The van der Waals surface area contributed by atoms with E-state index in [1.54, 1.807) is 6.20 Å². The number of pyridine rings is 1. The summed E-state index contributed by atoms with van der Waals surface area (Å²) in [7, 11) is 0. The van der Waals surface area contributed by atoms with Gasteiger partial charge in [0.1, 0.15) is 5.82 Å². The Bertz CT molecular complexity index is 390. The number of nitrogens with one attached hydrogen (secondary N) is 2. The lowest BCUT2D eigenvalue weighted by Gasteiger charge is -2.11. The normalized spacial score (nSPS) is 10.4. The number of rotatable bonds is 5. The summed E-state index contributed by atoms with van der Waals surface area (Å²) in [6, 6.07) is 1.83. The number of amides is 1. The quantitative estimate of drug-likeness (QED) is 0.716. The van der Waals surface area contributed by atoms with Crippen molar-refractivity contribution in [2.24, 2.45) is 5.92 Å². The van der Waals surface area contributed by atoms with Crippen molar-refractivity contribution in [3.05, 3.63) is 17.8 Å². The van der Waals surface area contributed by atoms with Gasteiger partial charge in [-0.05, 0) is 24.5 Å². The average Bonchev–Trinajstić information content (AvgIpc) is 2.28. The van der Waals surface area contributed by atoms with Crippen LogP contribution in [0.1, 0.15) is 19.4 Å². The Morgan fingerprint density at radius 2 is 2.24 bits per heavy atom. The second kappa shape index (κ2) is 6.08. The topological polar surface area (TPSA) is 80.0 Å². The van der Waals surface area contributed by atoms with Gasteiger partial charge >= 0.3 is 0 Å². The number of hydrogen-bond acceptors (Lipinski definition) is 4. The summed E-state index contributed by atoms with van der Waals surface area (Å²) < 4.78 is 0. The lowest BCUT2D eigenvalue weighted by atomic mass is 10.2. The summed E-state index contributed by atoms with van der Waals surface area (Å²) in [5.41, 5.74) is 7.37. The minimum atomic E-state index is -0.0543. The molecule has 0 aliphatic rings. The number of aromatic nitrogens is 1. The standard InChI is InChI=1S/C12H20N4O/c1-8(2)6-15-10(17)7-16-12-11(13)9(3)4-5-14-12/h4-5,8H,6-7,13H2,1-3H3,(H,14,16)(H,15,17). The Morgan fingerprint density at radius 1 is 1.53 bits per heavy atom. The minimum absolute atomic E-state index is 0.0543. The maximum Gasteiger partial charge on any atom is 0.239 e. The van der Waals surface area contributed by atoms with E-state index >= 15 is 0 Å². The third-order valence-electron chi connectivity index (χ3n) is 2.33. The molecule has 0 unspecified atom stereocenters. The van der Waals surface area contributed by atoms with Gasteiger partial charge < -0.3 is 16.4 Å². The van der Waals surface area contributed by atoms with Crippen molar-refractivity contribution in [2.45, 2.75) is 20.8 Å². The van der Waals surface area contributed by atoms with E-state index in [9.17, 15) is 4.79 Å². The molecule has 1 rings (SSSR count). The number of anilines is 2. The van der Waals surface area contributed by atoms with Crippen LogP contribution >= 0.6 is 0 Å². The molecule has 0 aliphatic carbocycles. The third kappa shape index (κ3) is 4.30. The van der Waals surface area contributed by atoms with Crippen LogP contribution in [0.15, 0.2) is 12.3 Å². The molecule has 0 saturated heterocycles. The largest absolute Gasteiger partial charge is 0.396 e. The smallest absolute Gasteiger partial charge is 0.239 e. The van der Waals surface area contributed by atoms with Gasteiger partial charge in [-0.1, -0.05) is 13.8 Å². The van der Waals surface area contributed by atoms with Gasteiger partial charge in [-0.25, -0.2) is 4.98 Å². The van der Waals surface area contributed by atoms with Crippen LogP contribution < -0.4 is 16.4 Å².